The van der Waals surface area contributed by atoms with Crippen LogP contribution in [0.1, 0.15) is 38.7 Å². The predicted octanol–water partition coefficient (Wildman–Crippen LogP) is 3.53. The third-order valence-electron chi connectivity index (χ3n) is 3.84. The highest BCUT2D eigenvalue weighted by atomic mass is 32.2. The third kappa shape index (κ3) is 4.19. The number of aryl methyl sites for hydroxylation is 1. The van der Waals surface area contributed by atoms with E-state index in [1.54, 1.807) is 24.3 Å². The fraction of sp³-hybridized carbons (Fsp3) is 0.471. The Bertz CT molecular complexity index is 663. The lowest BCUT2D eigenvalue weighted by atomic mass is 10.1. The lowest BCUT2D eigenvalue weighted by Crippen LogP contribution is -2.30. The van der Waals surface area contributed by atoms with Gasteiger partial charge in [-0.2, -0.15) is 12.8 Å². The normalized spacial score (nSPS) is 16.0. The summed E-state index contributed by atoms with van der Waals surface area (Å²) in [6, 6.07) is 6.78. The lowest BCUT2D eigenvalue weighted by molar-refractivity contribution is 0.296. The molecule has 1 aromatic carbocycles. The minimum atomic E-state index is -3.64. The second kappa shape index (κ2) is 7.09. The average Bonchev–Trinajstić information content (AvgIpc) is 2.48. The van der Waals surface area contributed by atoms with Crippen molar-refractivity contribution >= 4 is 16.2 Å². The van der Waals surface area contributed by atoms with Crippen LogP contribution in [0.5, 0.6) is 0 Å². The van der Waals surface area contributed by atoms with Crippen LogP contribution in [-0.2, 0) is 10.0 Å². The summed E-state index contributed by atoms with van der Waals surface area (Å²) in [7, 11) is -3.64. The molecule has 1 aliphatic rings. The number of hydrogen-bond acceptors (Lipinski definition) is 3. The zero-order valence-corrected chi connectivity index (χ0v) is 14.4. The predicted molar refractivity (Wildman–Crippen MR) is 90.7 cm³/mol. The van der Waals surface area contributed by atoms with Crippen LogP contribution in [0.2, 0.25) is 0 Å². The third-order valence-corrected chi connectivity index (χ3v) is 5.09. The number of hydrogen-bond donors (Lipinski definition) is 0. The minimum Gasteiger partial charge on any atom is -0.370 e. The van der Waals surface area contributed by atoms with Gasteiger partial charge in [-0.3, -0.25) is 0 Å². The Labute approximate surface area is 133 Å². The first-order valence-electron chi connectivity index (χ1n) is 7.69. The first kappa shape index (κ1) is 16.7. The van der Waals surface area contributed by atoms with Gasteiger partial charge in [0.1, 0.15) is 0 Å². The van der Waals surface area contributed by atoms with Gasteiger partial charge in [0.25, 0.3) is 10.0 Å². The largest absolute Gasteiger partial charge is 0.370 e. The zero-order valence-electron chi connectivity index (χ0n) is 13.5. The Kier molecular flexibility index (Phi) is 5.40. The van der Waals surface area contributed by atoms with Crippen molar-refractivity contribution in [3.05, 3.63) is 41.1 Å². The van der Waals surface area contributed by atoms with Gasteiger partial charge in [0, 0.05) is 13.1 Å². The Morgan fingerprint density at radius 1 is 1.09 bits per heavy atom. The van der Waals surface area contributed by atoms with Gasteiger partial charge >= 0.3 is 0 Å². The van der Waals surface area contributed by atoms with E-state index in [1.807, 2.05) is 20.8 Å². The number of rotatable bonds is 4. The van der Waals surface area contributed by atoms with E-state index >= 15 is 0 Å². The molecule has 2 rings (SSSR count). The first-order valence-corrected chi connectivity index (χ1v) is 9.13. The number of benzene rings is 1. The quantitative estimate of drug-likeness (QED) is 0.797. The van der Waals surface area contributed by atoms with Crippen LogP contribution >= 0.6 is 0 Å². The highest BCUT2D eigenvalue weighted by molar-refractivity contribution is 7.90. The Morgan fingerprint density at radius 2 is 1.68 bits per heavy atom. The van der Waals surface area contributed by atoms with Crippen LogP contribution in [0.25, 0.3) is 0 Å². The molecule has 1 aliphatic heterocycles. The van der Waals surface area contributed by atoms with E-state index in [-0.39, 0.29) is 4.90 Å². The molecule has 1 fully saturated rings. The van der Waals surface area contributed by atoms with Crippen LogP contribution in [0.3, 0.4) is 0 Å². The second-order valence-electron chi connectivity index (χ2n) is 5.96. The highest BCUT2D eigenvalue weighted by Crippen LogP contribution is 2.18. The molecule has 0 spiro atoms. The van der Waals surface area contributed by atoms with Gasteiger partial charge in [-0.05, 0) is 52.2 Å². The molecule has 1 aromatic rings. The summed E-state index contributed by atoms with van der Waals surface area (Å²) >= 11 is 0. The molecular weight excluding hydrogens is 296 g/mol. The molecule has 0 atom stereocenters. The minimum absolute atomic E-state index is 0.237. The van der Waals surface area contributed by atoms with E-state index in [4.69, 9.17) is 0 Å². The zero-order chi connectivity index (χ0) is 16.2. The van der Waals surface area contributed by atoms with Crippen molar-refractivity contribution in [1.82, 2.24) is 4.90 Å². The molecule has 1 heterocycles. The first-order chi connectivity index (χ1) is 10.4. The van der Waals surface area contributed by atoms with E-state index in [9.17, 15) is 8.42 Å². The van der Waals surface area contributed by atoms with E-state index in [2.05, 4.69) is 9.30 Å². The number of allylic oxidation sites excluding steroid dienone is 2. The maximum absolute atomic E-state index is 12.3. The topological polar surface area (TPSA) is 49.7 Å². The summed E-state index contributed by atoms with van der Waals surface area (Å²) in [5.41, 5.74) is 3.04. The lowest BCUT2D eigenvalue weighted by Gasteiger charge is -2.30. The number of nitrogens with zero attached hydrogens (tertiary/aromatic N) is 2. The summed E-state index contributed by atoms with van der Waals surface area (Å²) in [5.74, 6) is 0. The van der Waals surface area contributed by atoms with Gasteiger partial charge in [-0.1, -0.05) is 23.3 Å². The molecule has 0 N–H and O–H groups in total. The molecule has 0 radical (unpaired) electrons. The maximum atomic E-state index is 12.3. The van der Waals surface area contributed by atoms with Crippen LogP contribution in [0, 0.1) is 6.92 Å². The Hall–Kier alpha value is -1.62. The van der Waals surface area contributed by atoms with Crippen LogP contribution in [0.4, 0.5) is 0 Å². The second-order valence-corrected chi connectivity index (χ2v) is 7.59. The molecule has 0 aromatic heterocycles. The van der Waals surface area contributed by atoms with Crippen molar-refractivity contribution in [2.45, 2.75) is 44.9 Å². The molecule has 0 saturated carbocycles. The van der Waals surface area contributed by atoms with Gasteiger partial charge in [-0.15, -0.1) is 0 Å². The van der Waals surface area contributed by atoms with Crippen molar-refractivity contribution in [3.63, 3.8) is 0 Å². The maximum Gasteiger partial charge on any atom is 0.282 e. The van der Waals surface area contributed by atoms with Crippen LogP contribution < -0.4 is 0 Å². The smallest absolute Gasteiger partial charge is 0.282 e. The molecule has 0 bridgehead atoms. The fourth-order valence-corrected chi connectivity index (χ4v) is 3.39. The Morgan fingerprint density at radius 3 is 2.23 bits per heavy atom. The molecule has 0 amide bonds. The standard InChI is InChI=1S/C17H24N2O2S/c1-14(2)17(19-11-5-4-6-12-19)13-18-22(20,21)16-9-7-15(3)8-10-16/h7-10,13H,4-6,11-12H2,1-3H3/b18-13+. The van der Waals surface area contributed by atoms with Gasteiger partial charge in [0.05, 0.1) is 16.8 Å². The average molecular weight is 320 g/mol. The molecule has 1 saturated heterocycles. The van der Waals surface area contributed by atoms with E-state index in [0.717, 1.165) is 42.8 Å². The fourth-order valence-electron chi connectivity index (χ4n) is 2.55. The molecule has 0 aliphatic carbocycles. The molecule has 0 unspecified atom stereocenters. The number of piperidine rings is 1. The summed E-state index contributed by atoms with van der Waals surface area (Å²) < 4.78 is 28.5. The summed E-state index contributed by atoms with van der Waals surface area (Å²) in [6.45, 7) is 7.86. The van der Waals surface area contributed by atoms with E-state index < -0.39 is 10.0 Å². The summed E-state index contributed by atoms with van der Waals surface area (Å²) in [5, 5.41) is 0. The highest BCUT2D eigenvalue weighted by Gasteiger charge is 2.15. The molecule has 22 heavy (non-hydrogen) atoms. The van der Waals surface area contributed by atoms with Crippen molar-refractivity contribution < 1.29 is 8.42 Å². The van der Waals surface area contributed by atoms with Crippen molar-refractivity contribution in [2.75, 3.05) is 13.1 Å². The monoisotopic (exact) mass is 320 g/mol. The molecule has 4 nitrogen and oxygen atoms in total. The van der Waals surface area contributed by atoms with Gasteiger partial charge in [0.15, 0.2) is 0 Å². The number of likely N-dealkylation sites (tertiary alicyclic amines) is 1. The van der Waals surface area contributed by atoms with Crippen molar-refractivity contribution in [1.29, 1.82) is 0 Å². The van der Waals surface area contributed by atoms with Gasteiger partial charge in [-0.25, -0.2) is 0 Å². The summed E-state index contributed by atoms with van der Waals surface area (Å²) in [6.07, 6.45) is 5.05. The van der Waals surface area contributed by atoms with Gasteiger partial charge in [0.2, 0.25) is 0 Å². The van der Waals surface area contributed by atoms with Crippen LogP contribution in [0.15, 0.2) is 44.8 Å². The molecular formula is C17H24N2O2S. The van der Waals surface area contributed by atoms with Crippen molar-refractivity contribution in [3.8, 4) is 0 Å². The SMILES string of the molecule is CC(C)=C(/C=N/S(=O)(=O)c1ccc(C)cc1)N1CCCCC1. The van der Waals surface area contributed by atoms with Crippen LogP contribution in [-0.4, -0.2) is 32.6 Å². The summed E-state index contributed by atoms with van der Waals surface area (Å²) in [4.78, 5) is 2.47. The van der Waals surface area contributed by atoms with Crippen molar-refractivity contribution in [2.24, 2.45) is 4.40 Å². The van der Waals surface area contributed by atoms with Gasteiger partial charge < -0.3 is 4.90 Å². The number of sulfonamides is 1. The van der Waals surface area contributed by atoms with E-state index in [1.165, 1.54) is 12.6 Å². The van der Waals surface area contributed by atoms with E-state index in [0.29, 0.717) is 0 Å². The molecule has 120 valence electrons. The Balaban J connectivity index is 2.23. The molecule has 5 heteroatoms.